The number of hydrogen-bond donors (Lipinski definition) is 0. The van der Waals surface area contributed by atoms with Crippen LogP contribution in [0, 0.1) is 11.8 Å². The van der Waals surface area contributed by atoms with Crippen LogP contribution in [0.25, 0.3) is 11.1 Å². The molecule has 0 fully saturated rings. The molecule has 2 aliphatic heterocycles. The summed E-state index contributed by atoms with van der Waals surface area (Å²) in [6.45, 7) is 10.3. The number of rotatable bonds is 12. The zero-order valence-corrected chi connectivity index (χ0v) is 22.7. The highest BCUT2D eigenvalue weighted by atomic mass is 32.1. The van der Waals surface area contributed by atoms with Gasteiger partial charge in [0.2, 0.25) is 0 Å². The number of unbranched alkanes of at least 4 members (excludes halogenated alkanes) is 2. The second-order valence-electron chi connectivity index (χ2n) is 9.68. The molecule has 4 nitrogen and oxygen atoms in total. The molecule has 2 aromatic rings. The van der Waals surface area contributed by atoms with Crippen LogP contribution in [-0.2, 0) is 9.59 Å². The van der Waals surface area contributed by atoms with Gasteiger partial charge in [-0.3, -0.25) is 9.59 Å². The zero-order valence-electron chi connectivity index (χ0n) is 21.1. The van der Waals surface area contributed by atoms with Crippen molar-refractivity contribution in [1.82, 2.24) is 0 Å². The first kappa shape index (κ1) is 25.2. The SMILES string of the molecule is CCCCC(CC)CN1C(=O)/C(=C2\C(=O)N(CC(CC)CCCC)c3ccsc32)c2sccc21. The van der Waals surface area contributed by atoms with Crippen LogP contribution in [-0.4, -0.2) is 24.9 Å². The maximum Gasteiger partial charge on any atom is 0.260 e. The fraction of sp³-hybridized carbons (Fsp3) is 0.571. The van der Waals surface area contributed by atoms with Gasteiger partial charge in [0.15, 0.2) is 0 Å². The van der Waals surface area contributed by atoms with E-state index in [1.807, 2.05) is 9.80 Å². The van der Waals surface area contributed by atoms with Gasteiger partial charge in [0, 0.05) is 13.1 Å². The van der Waals surface area contributed by atoms with Gasteiger partial charge in [0.25, 0.3) is 11.8 Å². The summed E-state index contributed by atoms with van der Waals surface area (Å²) in [7, 11) is 0. The molecule has 2 unspecified atom stereocenters. The van der Waals surface area contributed by atoms with Crippen molar-refractivity contribution in [2.24, 2.45) is 11.8 Å². The molecule has 0 radical (unpaired) electrons. The quantitative estimate of drug-likeness (QED) is 0.280. The van der Waals surface area contributed by atoms with Gasteiger partial charge in [0.1, 0.15) is 0 Å². The fourth-order valence-electron chi connectivity index (χ4n) is 5.24. The van der Waals surface area contributed by atoms with Crippen molar-refractivity contribution in [3.05, 3.63) is 32.6 Å². The normalized spacial score (nSPS) is 19.2. The van der Waals surface area contributed by atoms with Crippen LogP contribution in [0.3, 0.4) is 0 Å². The Morgan fingerprint density at radius 3 is 1.47 bits per heavy atom. The largest absolute Gasteiger partial charge is 0.307 e. The summed E-state index contributed by atoms with van der Waals surface area (Å²) in [5.74, 6) is 0.995. The second-order valence-corrected chi connectivity index (χ2v) is 11.5. The van der Waals surface area contributed by atoms with Crippen LogP contribution in [0.1, 0.15) is 88.8 Å². The van der Waals surface area contributed by atoms with E-state index in [-0.39, 0.29) is 11.8 Å². The van der Waals surface area contributed by atoms with Gasteiger partial charge in [-0.15, -0.1) is 22.7 Å². The fourth-order valence-corrected chi connectivity index (χ4v) is 7.12. The average Bonchev–Trinajstić information content (AvgIpc) is 3.60. The van der Waals surface area contributed by atoms with Crippen LogP contribution in [0.2, 0.25) is 0 Å². The molecule has 0 bridgehead atoms. The molecule has 184 valence electrons. The highest BCUT2D eigenvalue weighted by Crippen LogP contribution is 2.50. The zero-order chi connectivity index (χ0) is 24.2. The van der Waals surface area contributed by atoms with Crippen molar-refractivity contribution in [2.45, 2.75) is 79.1 Å². The molecule has 2 atom stereocenters. The predicted octanol–water partition coefficient (Wildman–Crippen LogP) is 7.85. The lowest BCUT2D eigenvalue weighted by Gasteiger charge is -2.23. The van der Waals surface area contributed by atoms with Gasteiger partial charge in [0.05, 0.1) is 32.3 Å². The van der Waals surface area contributed by atoms with Crippen LogP contribution in [0.15, 0.2) is 22.9 Å². The molecule has 0 spiro atoms. The smallest absolute Gasteiger partial charge is 0.260 e. The minimum atomic E-state index is 0.0133. The van der Waals surface area contributed by atoms with Gasteiger partial charge < -0.3 is 9.80 Å². The van der Waals surface area contributed by atoms with Gasteiger partial charge in [-0.1, -0.05) is 66.2 Å². The van der Waals surface area contributed by atoms with E-state index in [1.54, 1.807) is 22.7 Å². The van der Waals surface area contributed by atoms with Gasteiger partial charge in [-0.2, -0.15) is 0 Å². The first-order valence-electron chi connectivity index (χ1n) is 13.1. The van der Waals surface area contributed by atoms with E-state index in [1.165, 1.54) is 25.7 Å². The van der Waals surface area contributed by atoms with Crippen LogP contribution in [0.5, 0.6) is 0 Å². The molecule has 34 heavy (non-hydrogen) atoms. The third-order valence-corrected chi connectivity index (χ3v) is 9.30. The van der Waals surface area contributed by atoms with E-state index >= 15 is 0 Å². The van der Waals surface area contributed by atoms with Gasteiger partial charge >= 0.3 is 0 Å². The summed E-state index contributed by atoms with van der Waals surface area (Å²) in [5, 5.41) is 4.12. The Kier molecular flexibility index (Phi) is 8.30. The van der Waals surface area contributed by atoms with Crippen molar-refractivity contribution in [2.75, 3.05) is 22.9 Å². The third kappa shape index (κ3) is 4.64. The average molecular weight is 499 g/mol. The third-order valence-electron chi connectivity index (χ3n) is 7.46. The summed E-state index contributed by atoms with van der Waals surface area (Å²) >= 11 is 3.18. The van der Waals surface area contributed by atoms with Crippen molar-refractivity contribution < 1.29 is 9.59 Å². The summed E-state index contributed by atoms with van der Waals surface area (Å²) in [5.41, 5.74) is 3.25. The molecular weight excluding hydrogens is 460 g/mol. The van der Waals surface area contributed by atoms with Crippen molar-refractivity contribution in [1.29, 1.82) is 0 Å². The number of thiophene rings is 2. The Bertz CT molecular complexity index is 968. The minimum Gasteiger partial charge on any atom is -0.307 e. The van der Waals surface area contributed by atoms with Crippen molar-refractivity contribution in [3.8, 4) is 0 Å². The number of hydrogen-bond acceptors (Lipinski definition) is 4. The van der Waals surface area contributed by atoms with E-state index in [2.05, 4.69) is 50.6 Å². The molecule has 0 N–H and O–H groups in total. The highest BCUT2D eigenvalue weighted by molar-refractivity contribution is 7.14. The molecule has 0 saturated carbocycles. The lowest BCUT2D eigenvalue weighted by Crippen LogP contribution is -2.34. The molecular formula is C28H38N2O2S2. The molecule has 0 aromatic carbocycles. The number of fused-ring (bicyclic) bond motifs is 2. The van der Waals surface area contributed by atoms with Gasteiger partial charge in [-0.05, 0) is 47.6 Å². The number of amides is 2. The number of nitrogens with zero attached hydrogens (tertiary/aromatic N) is 2. The predicted molar refractivity (Wildman–Crippen MR) is 147 cm³/mol. The Labute approximate surface area is 212 Å². The first-order valence-corrected chi connectivity index (χ1v) is 14.8. The minimum absolute atomic E-state index is 0.0133. The summed E-state index contributed by atoms with van der Waals surface area (Å²) < 4.78 is 0. The highest BCUT2D eigenvalue weighted by Gasteiger charge is 2.44. The maximum absolute atomic E-state index is 13.8. The Morgan fingerprint density at radius 1 is 0.706 bits per heavy atom. The van der Waals surface area contributed by atoms with Crippen molar-refractivity contribution in [3.63, 3.8) is 0 Å². The maximum atomic E-state index is 13.8. The topological polar surface area (TPSA) is 40.6 Å². The lowest BCUT2D eigenvalue weighted by atomic mass is 9.98. The Balaban J connectivity index is 1.68. The molecule has 2 aliphatic rings. The lowest BCUT2D eigenvalue weighted by molar-refractivity contribution is -0.114. The molecule has 2 aromatic heterocycles. The molecule has 4 heterocycles. The van der Waals surface area contributed by atoms with Crippen LogP contribution >= 0.6 is 22.7 Å². The molecule has 0 saturated heterocycles. The van der Waals surface area contributed by atoms with E-state index < -0.39 is 0 Å². The number of carbonyl (C=O) groups is 2. The van der Waals surface area contributed by atoms with Crippen LogP contribution in [0.4, 0.5) is 11.4 Å². The summed E-state index contributed by atoms with van der Waals surface area (Å²) in [4.78, 5) is 33.5. The molecule has 6 heteroatoms. The molecule has 4 rings (SSSR count). The first-order chi connectivity index (χ1) is 16.5. The second kappa shape index (κ2) is 11.2. The van der Waals surface area contributed by atoms with Crippen molar-refractivity contribution >= 4 is 57.0 Å². The number of carbonyl (C=O) groups excluding carboxylic acids is 2. The summed E-state index contributed by atoms with van der Waals surface area (Å²) in [6, 6.07) is 4.12. The Morgan fingerprint density at radius 2 is 1.12 bits per heavy atom. The molecule has 2 amide bonds. The van der Waals surface area contributed by atoms with E-state index in [4.69, 9.17) is 0 Å². The molecule has 0 aliphatic carbocycles. The monoisotopic (exact) mass is 498 g/mol. The van der Waals surface area contributed by atoms with Crippen LogP contribution < -0.4 is 9.80 Å². The standard InChI is InChI=1S/C28H38N2O2S2/c1-5-9-11-19(7-3)17-29-21-13-15-33-25(21)23(27(29)31)24-26-22(14-16-34-26)30(28(24)32)18-20(8-4)12-10-6-2/h13-16,19-20H,5-12,17-18H2,1-4H3/b24-23-. The van der Waals surface area contributed by atoms with E-state index in [0.29, 0.717) is 23.0 Å². The number of anilines is 2. The van der Waals surface area contributed by atoms with Gasteiger partial charge in [-0.25, -0.2) is 0 Å². The van der Waals surface area contributed by atoms with E-state index in [9.17, 15) is 9.59 Å². The summed E-state index contributed by atoms with van der Waals surface area (Å²) in [6.07, 6.45) is 9.12. The Hall–Kier alpha value is -1.92. The van der Waals surface area contributed by atoms with E-state index in [0.717, 1.165) is 59.9 Å².